The Labute approximate surface area is 195 Å². The summed E-state index contributed by atoms with van der Waals surface area (Å²) in [5.41, 5.74) is 0.806. The van der Waals surface area contributed by atoms with Gasteiger partial charge < -0.3 is 24.3 Å². The summed E-state index contributed by atoms with van der Waals surface area (Å²) in [5.74, 6) is -1.27. The zero-order valence-corrected chi connectivity index (χ0v) is 18.3. The monoisotopic (exact) mass is 455 g/mol. The Morgan fingerprint density at radius 2 is 1.79 bits per heavy atom. The minimum Gasteiger partial charge on any atom is -0.507 e. The molecule has 2 N–H and O–H groups in total. The van der Waals surface area contributed by atoms with Gasteiger partial charge in [0.25, 0.3) is 11.7 Å². The Bertz CT molecular complexity index is 1440. The van der Waals surface area contributed by atoms with Gasteiger partial charge in [0.2, 0.25) is 0 Å². The van der Waals surface area contributed by atoms with Gasteiger partial charge >= 0.3 is 0 Å². The zero-order valence-electron chi connectivity index (χ0n) is 18.3. The molecular formula is C27H21NO6. The summed E-state index contributed by atoms with van der Waals surface area (Å²) >= 11 is 0. The number of aliphatic hydroxyl groups excluding tert-OH is 1. The van der Waals surface area contributed by atoms with Crippen LogP contribution in [0.4, 0.5) is 0 Å². The smallest absolute Gasteiger partial charge is 0.296 e. The summed E-state index contributed by atoms with van der Waals surface area (Å²) < 4.78 is 10.5. The fourth-order valence-electron chi connectivity index (χ4n) is 4.33. The van der Waals surface area contributed by atoms with Crippen molar-refractivity contribution < 1.29 is 29.0 Å². The molecule has 3 aromatic carbocycles. The summed E-state index contributed by atoms with van der Waals surface area (Å²) in [4.78, 5) is 27.6. The van der Waals surface area contributed by atoms with Crippen molar-refractivity contribution in [1.82, 2.24) is 4.90 Å². The van der Waals surface area contributed by atoms with E-state index < -0.39 is 17.7 Å². The normalized spacial score (nSPS) is 17.4. The number of aliphatic hydroxyl groups is 1. The number of carbonyl (C=O) groups excluding carboxylic acids is 2. The Hall–Kier alpha value is -4.52. The van der Waals surface area contributed by atoms with Crippen LogP contribution in [-0.4, -0.2) is 33.9 Å². The molecule has 2 heterocycles. The third kappa shape index (κ3) is 3.57. The van der Waals surface area contributed by atoms with Crippen molar-refractivity contribution in [2.45, 2.75) is 12.6 Å². The van der Waals surface area contributed by atoms with Crippen LogP contribution in [0.1, 0.15) is 22.9 Å². The number of methoxy groups -OCH3 is 1. The van der Waals surface area contributed by atoms with Crippen molar-refractivity contribution in [3.63, 3.8) is 0 Å². The number of fused-ring (bicyclic) bond motifs is 1. The molecule has 1 fully saturated rings. The molecular weight excluding hydrogens is 434 g/mol. The van der Waals surface area contributed by atoms with Gasteiger partial charge in [0.1, 0.15) is 11.5 Å². The van der Waals surface area contributed by atoms with Crippen LogP contribution in [0.2, 0.25) is 0 Å². The maximum atomic E-state index is 13.2. The summed E-state index contributed by atoms with van der Waals surface area (Å²) in [6, 6.07) is 20.1. The third-order valence-corrected chi connectivity index (χ3v) is 5.99. The number of aromatic hydroxyl groups is 1. The highest BCUT2D eigenvalue weighted by Crippen LogP contribution is 2.42. The average Bonchev–Trinajstić information content (AvgIpc) is 3.45. The number of likely N-dealkylation sites (tertiary alicyclic amines) is 1. The van der Waals surface area contributed by atoms with Crippen LogP contribution in [0, 0.1) is 0 Å². The summed E-state index contributed by atoms with van der Waals surface area (Å²) in [6.45, 7) is 0.0174. The predicted molar refractivity (Wildman–Crippen MR) is 125 cm³/mol. The Morgan fingerprint density at radius 1 is 1.00 bits per heavy atom. The number of phenols is 1. The van der Waals surface area contributed by atoms with Crippen LogP contribution in [0.5, 0.6) is 11.5 Å². The first-order valence-electron chi connectivity index (χ1n) is 10.6. The van der Waals surface area contributed by atoms with E-state index >= 15 is 0 Å². The van der Waals surface area contributed by atoms with Gasteiger partial charge in [-0.25, -0.2) is 0 Å². The molecule has 5 rings (SSSR count). The molecule has 170 valence electrons. The number of benzene rings is 3. The molecule has 1 atom stereocenters. The summed E-state index contributed by atoms with van der Waals surface area (Å²) in [5, 5.41) is 23.5. The molecule has 1 amide bonds. The van der Waals surface area contributed by atoms with Gasteiger partial charge in [-0.3, -0.25) is 9.59 Å². The number of ketones is 1. The SMILES string of the molecule is COc1ccc(C2/C(=C(/O)c3ccc4ccccc4c3)C(=O)C(=O)N2Cc2ccco2)cc1O. The molecule has 7 heteroatoms. The number of Topliss-reactive ketones (excluding diaryl/α,β-unsaturated/α-hetero) is 1. The quantitative estimate of drug-likeness (QED) is 0.255. The molecule has 1 unspecified atom stereocenters. The standard InChI is InChI=1S/C27H21NO6/c1-33-22-11-10-18(14-21(22)29)24-23(26(31)27(32)28(24)15-20-7-4-12-34-20)25(30)19-9-8-16-5-2-3-6-17(16)13-19/h2-14,24,29-30H,15H2,1H3/b25-23-. The second kappa shape index (κ2) is 8.44. The van der Waals surface area contributed by atoms with Crippen LogP contribution >= 0.6 is 0 Å². The van der Waals surface area contributed by atoms with Crippen molar-refractivity contribution in [2.75, 3.05) is 7.11 Å². The van der Waals surface area contributed by atoms with E-state index in [1.807, 2.05) is 30.3 Å². The number of carbonyl (C=O) groups is 2. The first kappa shape index (κ1) is 21.3. The molecule has 4 aromatic rings. The topological polar surface area (TPSA) is 100 Å². The van der Waals surface area contributed by atoms with E-state index in [-0.39, 0.29) is 29.4 Å². The van der Waals surface area contributed by atoms with Gasteiger partial charge in [-0.2, -0.15) is 0 Å². The number of amides is 1. The first-order chi connectivity index (χ1) is 16.5. The van der Waals surface area contributed by atoms with E-state index in [0.717, 1.165) is 10.8 Å². The second-order valence-electron chi connectivity index (χ2n) is 8.00. The van der Waals surface area contributed by atoms with Crippen LogP contribution in [-0.2, 0) is 16.1 Å². The molecule has 1 saturated heterocycles. The number of furan rings is 1. The molecule has 7 nitrogen and oxygen atoms in total. The number of ether oxygens (including phenoxy) is 1. The lowest BCUT2D eigenvalue weighted by Gasteiger charge is -2.25. The van der Waals surface area contributed by atoms with Crippen molar-refractivity contribution in [1.29, 1.82) is 0 Å². The minimum atomic E-state index is -0.937. The molecule has 0 radical (unpaired) electrons. The van der Waals surface area contributed by atoms with E-state index in [2.05, 4.69) is 0 Å². The highest BCUT2D eigenvalue weighted by atomic mass is 16.5. The van der Waals surface area contributed by atoms with Gasteiger partial charge in [-0.1, -0.05) is 42.5 Å². The van der Waals surface area contributed by atoms with E-state index in [0.29, 0.717) is 16.9 Å². The number of hydrogen-bond donors (Lipinski definition) is 2. The van der Waals surface area contributed by atoms with Crippen LogP contribution < -0.4 is 4.74 Å². The van der Waals surface area contributed by atoms with E-state index in [1.165, 1.54) is 24.3 Å². The maximum absolute atomic E-state index is 13.2. The second-order valence-corrected chi connectivity index (χ2v) is 8.00. The van der Waals surface area contributed by atoms with Crippen molar-refractivity contribution in [2.24, 2.45) is 0 Å². The van der Waals surface area contributed by atoms with Gasteiger partial charge in [-0.15, -0.1) is 0 Å². The van der Waals surface area contributed by atoms with Crippen molar-refractivity contribution >= 4 is 28.2 Å². The lowest BCUT2D eigenvalue weighted by molar-refractivity contribution is -0.140. The maximum Gasteiger partial charge on any atom is 0.296 e. The lowest BCUT2D eigenvalue weighted by Crippen LogP contribution is -2.29. The fraction of sp³-hybridized carbons (Fsp3) is 0.111. The molecule has 0 spiro atoms. The minimum absolute atomic E-state index is 0.0174. The van der Waals surface area contributed by atoms with Gasteiger partial charge in [0.05, 0.1) is 31.5 Å². The molecule has 0 bridgehead atoms. The molecule has 1 aliphatic rings. The molecule has 0 aliphatic carbocycles. The summed E-state index contributed by atoms with van der Waals surface area (Å²) in [7, 11) is 1.43. The fourth-order valence-corrected chi connectivity index (χ4v) is 4.33. The largest absolute Gasteiger partial charge is 0.507 e. The Morgan fingerprint density at radius 3 is 2.50 bits per heavy atom. The van der Waals surface area contributed by atoms with Crippen LogP contribution in [0.3, 0.4) is 0 Å². The highest BCUT2D eigenvalue weighted by molar-refractivity contribution is 6.46. The van der Waals surface area contributed by atoms with E-state index in [1.54, 1.807) is 36.4 Å². The predicted octanol–water partition coefficient (Wildman–Crippen LogP) is 4.77. The van der Waals surface area contributed by atoms with Gasteiger partial charge in [0.15, 0.2) is 11.5 Å². The summed E-state index contributed by atoms with van der Waals surface area (Å²) in [6.07, 6.45) is 1.48. The van der Waals surface area contributed by atoms with Crippen molar-refractivity contribution in [3.05, 3.63) is 102 Å². The first-order valence-corrected chi connectivity index (χ1v) is 10.6. The zero-order chi connectivity index (χ0) is 23.8. The molecule has 1 aromatic heterocycles. The van der Waals surface area contributed by atoms with E-state index in [4.69, 9.17) is 9.15 Å². The Kier molecular flexibility index (Phi) is 5.30. The van der Waals surface area contributed by atoms with Gasteiger partial charge in [0, 0.05) is 5.56 Å². The van der Waals surface area contributed by atoms with Gasteiger partial charge in [-0.05, 0) is 46.7 Å². The number of rotatable bonds is 5. The third-order valence-electron chi connectivity index (χ3n) is 5.99. The van der Waals surface area contributed by atoms with Crippen LogP contribution in [0.15, 0.2) is 89.0 Å². The molecule has 0 saturated carbocycles. The molecule has 34 heavy (non-hydrogen) atoms. The Balaban J connectivity index is 1.68. The number of phenolic OH excluding ortho intramolecular Hbond substituents is 1. The highest BCUT2D eigenvalue weighted by Gasteiger charge is 2.46. The molecule has 1 aliphatic heterocycles. The van der Waals surface area contributed by atoms with Crippen LogP contribution in [0.25, 0.3) is 16.5 Å². The number of hydrogen-bond acceptors (Lipinski definition) is 6. The van der Waals surface area contributed by atoms with E-state index in [9.17, 15) is 19.8 Å². The lowest BCUT2D eigenvalue weighted by atomic mass is 9.94. The van der Waals surface area contributed by atoms with Crippen molar-refractivity contribution in [3.8, 4) is 11.5 Å². The average molecular weight is 455 g/mol. The number of nitrogens with zero attached hydrogens (tertiary/aromatic N) is 1.